The summed E-state index contributed by atoms with van der Waals surface area (Å²) in [6.45, 7) is 5.13. The fourth-order valence-corrected chi connectivity index (χ4v) is 4.15. The fraction of sp³-hybridized carbons (Fsp3) is 0.500. The van der Waals surface area contributed by atoms with Gasteiger partial charge in [-0.2, -0.15) is 0 Å². The van der Waals surface area contributed by atoms with E-state index in [4.69, 9.17) is 18.9 Å². The minimum Gasteiger partial charge on any atom is -0.493 e. The number of hydrogen-bond donors (Lipinski definition) is 1. The highest BCUT2D eigenvalue weighted by Crippen LogP contribution is 2.40. The van der Waals surface area contributed by atoms with Gasteiger partial charge < -0.3 is 29.0 Å². The van der Waals surface area contributed by atoms with Gasteiger partial charge in [0.25, 0.3) is 0 Å². The molecule has 2 aromatic rings. The van der Waals surface area contributed by atoms with E-state index in [0.717, 1.165) is 29.0 Å². The van der Waals surface area contributed by atoms with Crippen molar-refractivity contribution < 1.29 is 24.1 Å². The van der Waals surface area contributed by atoms with Gasteiger partial charge in [-0.15, -0.1) is 0 Å². The maximum absolute atomic E-state index is 11.0. The van der Waals surface area contributed by atoms with Crippen LogP contribution in [0.5, 0.6) is 23.0 Å². The standard InChI is InChI=1S/C24H34N2O5/c1-24(27,16-25(2)3)19-8-10-20-18(13-19)15-26(11-12-31-20)14-17-7-9-21(28-4)23(30-6)22(17)29-5/h7-10,13,27H,11-12,14-16H2,1-6H3. The molecule has 0 saturated heterocycles. The van der Waals surface area contributed by atoms with Crippen molar-refractivity contribution in [3.8, 4) is 23.0 Å². The van der Waals surface area contributed by atoms with Gasteiger partial charge >= 0.3 is 0 Å². The molecule has 7 nitrogen and oxygen atoms in total. The van der Waals surface area contributed by atoms with E-state index < -0.39 is 5.60 Å². The Morgan fingerprint density at radius 3 is 2.45 bits per heavy atom. The number of benzene rings is 2. The second-order valence-corrected chi connectivity index (χ2v) is 8.39. The van der Waals surface area contributed by atoms with Gasteiger partial charge in [-0.05, 0) is 44.8 Å². The Labute approximate surface area is 185 Å². The normalized spacial score (nSPS) is 16.1. The van der Waals surface area contributed by atoms with Crippen molar-refractivity contribution in [1.29, 1.82) is 0 Å². The van der Waals surface area contributed by atoms with E-state index in [-0.39, 0.29) is 0 Å². The highest BCUT2D eigenvalue weighted by Gasteiger charge is 2.26. The maximum atomic E-state index is 11.0. The summed E-state index contributed by atoms with van der Waals surface area (Å²) in [6.07, 6.45) is 0. The zero-order valence-electron chi connectivity index (χ0n) is 19.4. The zero-order chi connectivity index (χ0) is 22.6. The summed E-state index contributed by atoms with van der Waals surface area (Å²) >= 11 is 0. The molecule has 0 bridgehead atoms. The van der Waals surface area contributed by atoms with Crippen LogP contribution in [0.25, 0.3) is 0 Å². The van der Waals surface area contributed by atoms with E-state index in [2.05, 4.69) is 11.0 Å². The Balaban J connectivity index is 1.87. The number of ether oxygens (including phenoxy) is 4. The minimum absolute atomic E-state index is 0.541. The molecular weight excluding hydrogens is 396 g/mol. The third-order valence-electron chi connectivity index (χ3n) is 5.55. The van der Waals surface area contributed by atoms with Crippen LogP contribution in [-0.4, -0.2) is 70.0 Å². The average molecular weight is 431 g/mol. The number of rotatable bonds is 8. The third-order valence-corrected chi connectivity index (χ3v) is 5.55. The summed E-state index contributed by atoms with van der Waals surface area (Å²) in [5, 5.41) is 11.0. The van der Waals surface area contributed by atoms with Gasteiger partial charge in [0, 0.05) is 37.3 Å². The van der Waals surface area contributed by atoms with Crippen molar-refractivity contribution in [2.45, 2.75) is 25.6 Å². The molecule has 2 aromatic carbocycles. The van der Waals surface area contributed by atoms with Gasteiger partial charge in [-0.25, -0.2) is 0 Å². The molecule has 7 heteroatoms. The zero-order valence-corrected chi connectivity index (χ0v) is 19.4. The number of hydrogen-bond acceptors (Lipinski definition) is 7. The molecule has 1 aliphatic heterocycles. The molecule has 0 aliphatic carbocycles. The molecule has 170 valence electrons. The lowest BCUT2D eigenvalue weighted by Gasteiger charge is -2.28. The van der Waals surface area contributed by atoms with Crippen LogP contribution in [0.3, 0.4) is 0 Å². The predicted octanol–water partition coefficient (Wildman–Crippen LogP) is 2.88. The lowest BCUT2D eigenvalue weighted by molar-refractivity contribution is 0.0299. The predicted molar refractivity (Wildman–Crippen MR) is 120 cm³/mol. The van der Waals surface area contributed by atoms with Crippen LogP contribution in [0.15, 0.2) is 30.3 Å². The first-order valence-electron chi connectivity index (χ1n) is 10.4. The summed E-state index contributed by atoms with van der Waals surface area (Å²) < 4.78 is 22.6. The molecule has 0 radical (unpaired) electrons. The van der Waals surface area contributed by atoms with Crippen molar-refractivity contribution in [1.82, 2.24) is 9.80 Å². The molecular formula is C24H34N2O5. The van der Waals surface area contributed by atoms with Crippen molar-refractivity contribution in [2.75, 3.05) is 55.1 Å². The number of fused-ring (bicyclic) bond motifs is 1. The van der Waals surface area contributed by atoms with Crippen LogP contribution >= 0.6 is 0 Å². The van der Waals surface area contributed by atoms with Gasteiger partial charge in [0.1, 0.15) is 12.4 Å². The van der Waals surface area contributed by atoms with Gasteiger partial charge in [0.2, 0.25) is 5.75 Å². The van der Waals surface area contributed by atoms with Crippen molar-refractivity contribution in [3.05, 3.63) is 47.0 Å². The smallest absolute Gasteiger partial charge is 0.203 e. The molecule has 3 rings (SSSR count). The van der Waals surface area contributed by atoms with E-state index in [1.807, 2.05) is 50.2 Å². The summed E-state index contributed by atoms with van der Waals surface area (Å²) in [5.41, 5.74) is 2.02. The Morgan fingerprint density at radius 2 is 1.81 bits per heavy atom. The van der Waals surface area contributed by atoms with Crippen LogP contribution in [0, 0.1) is 0 Å². The van der Waals surface area contributed by atoms with E-state index in [1.165, 1.54) is 0 Å². The molecule has 0 aromatic heterocycles. The summed E-state index contributed by atoms with van der Waals surface area (Å²) in [6, 6.07) is 9.88. The first-order chi connectivity index (χ1) is 14.8. The van der Waals surface area contributed by atoms with Crippen LogP contribution in [-0.2, 0) is 18.7 Å². The minimum atomic E-state index is -0.942. The van der Waals surface area contributed by atoms with Gasteiger partial charge in [0.05, 0.1) is 26.9 Å². The van der Waals surface area contributed by atoms with Gasteiger partial charge in [-0.3, -0.25) is 4.90 Å². The van der Waals surface area contributed by atoms with Crippen molar-refractivity contribution >= 4 is 0 Å². The fourth-order valence-electron chi connectivity index (χ4n) is 4.15. The van der Waals surface area contributed by atoms with E-state index in [1.54, 1.807) is 21.3 Å². The second kappa shape index (κ2) is 9.77. The van der Waals surface area contributed by atoms with Crippen LogP contribution in [0.4, 0.5) is 0 Å². The van der Waals surface area contributed by atoms with E-state index >= 15 is 0 Å². The highest BCUT2D eigenvalue weighted by atomic mass is 16.5. The highest BCUT2D eigenvalue weighted by molar-refractivity contribution is 5.55. The first kappa shape index (κ1) is 23.2. The maximum Gasteiger partial charge on any atom is 0.203 e. The Kier molecular flexibility index (Phi) is 7.30. The van der Waals surface area contributed by atoms with Gasteiger partial charge in [-0.1, -0.05) is 12.1 Å². The monoisotopic (exact) mass is 430 g/mol. The molecule has 31 heavy (non-hydrogen) atoms. The quantitative estimate of drug-likeness (QED) is 0.691. The van der Waals surface area contributed by atoms with Crippen LogP contribution in [0.2, 0.25) is 0 Å². The molecule has 1 heterocycles. The topological polar surface area (TPSA) is 63.6 Å². The lowest BCUT2D eigenvalue weighted by Crippen LogP contribution is -2.34. The number of nitrogens with zero attached hydrogens (tertiary/aromatic N) is 2. The summed E-state index contributed by atoms with van der Waals surface area (Å²) in [7, 11) is 8.78. The molecule has 1 unspecified atom stereocenters. The van der Waals surface area contributed by atoms with Crippen molar-refractivity contribution in [2.24, 2.45) is 0 Å². The lowest BCUT2D eigenvalue weighted by atomic mass is 9.93. The summed E-state index contributed by atoms with van der Waals surface area (Å²) in [4.78, 5) is 4.29. The first-order valence-corrected chi connectivity index (χ1v) is 10.4. The molecule has 0 fully saturated rings. The Morgan fingerprint density at radius 1 is 1.06 bits per heavy atom. The van der Waals surface area contributed by atoms with Crippen LogP contribution in [0.1, 0.15) is 23.6 Å². The molecule has 0 spiro atoms. The molecule has 1 atom stereocenters. The summed E-state index contributed by atoms with van der Waals surface area (Å²) in [5.74, 6) is 2.78. The number of likely N-dealkylation sites (N-methyl/N-ethyl adjacent to an activating group) is 1. The third kappa shape index (κ3) is 5.23. The second-order valence-electron chi connectivity index (χ2n) is 8.39. The molecule has 0 saturated carbocycles. The average Bonchev–Trinajstić information content (AvgIpc) is 2.93. The molecule has 1 aliphatic rings. The van der Waals surface area contributed by atoms with Crippen molar-refractivity contribution in [3.63, 3.8) is 0 Å². The number of aliphatic hydroxyl groups is 1. The SMILES string of the molecule is COc1ccc(CN2CCOc3ccc(C(C)(O)CN(C)C)cc3C2)c(OC)c1OC. The Bertz CT molecular complexity index is 898. The number of methoxy groups -OCH3 is 3. The van der Waals surface area contributed by atoms with Gasteiger partial charge in [0.15, 0.2) is 11.5 Å². The Hall–Kier alpha value is -2.48. The van der Waals surface area contributed by atoms with Crippen LogP contribution < -0.4 is 18.9 Å². The largest absolute Gasteiger partial charge is 0.493 e. The molecule has 1 N–H and O–H groups in total. The van der Waals surface area contributed by atoms with E-state index in [9.17, 15) is 5.11 Å². The van der Waals surface area contributed by atoms with E-state index in [0.29, 0.717) is 43.5 Å². The molecule has 0 amide bonds.